The quantitative estimate of drug-likeness (QED) is 0.691. The summed E-state index contributed by atoms with van der Waals surface area (Å²) in [7, 11) is 1.53. The van der Waals surface area contributed by atoms with Gasteiger partial charge in [0.1, 0.15) is 5.82 Å². The molecule has 4 N–H and O–H groups in total. The number of nitrogens with two attached hydrogens (primary N) is 1. The van der Waals surface area contributed by atoms with Gasteiger partial charge in [-0.15, -0.1) is 0 Å². The Morgan fingerprint density at radius 2 is 2.06 bits per heavy atom. The molecule has 5 nitrogen and oxygen atoms in total. The van der Waals surface area contributed by atoms with E-state index in [4.69, 9.17) is 10.5 Å². The van der Waals surface area contributed by atoms with E-state index in [-0.39, 0.29) is 6.10 Å². The molecular weight excluding hydrogens is 230 g/mol. The fourth-order valence-corrected chi connectivity index (χ4v) is 1.92. The number of aromatic nitrogens is 1. The molecule has 1 aromatic heterocycles. The molecule has 0 aliphatic heterocycles. The molecule has 0 amide bonds. The number of nitrogen functional groups attached to an aromatic ring is 1. The molecule has 1 heterocycles. The molecule has 0 bridgehead atoms. The molecule has 0 spiro atoms. The molecule has 1 atom stereocenters. The summed E-state index contributed by atoms with van der Waals surface area (Å²) >= 11 is 0. The van der Waals surface area contributed by atoms with E-state index in [1.165, 1.54) is 7.11 Å². The molecule has 0 fully saturated rings. The van der Waals surface area contributed by atoms with Gasteiger partial charge < -0.3 is 20.9 Å². The van der Waals surface area contributed by atoms with Crippen LogP contribution in [0.4, 0.5) is 11.5 Å². The van der Waals surface area contributed by atoms with Crippen molar-refractivity contribution in [3.63, 3.8) is 0 Å². The fraction of sp³-hybridized carbons (Fsp3) is 0.615. The van der Waals surface area contributed by atoms with Gasteiger partial charge in [0.05, 0.1) is 18.9 Å². The Balaban J connectivity index is 2.58. The van der Waals surface area contributed by atoms with Gasteiger partial charge in [0.2, 0.25) is 5.88 Å². The van der Waals surface area contributed by atoms with E-state index in [0.29, 0.717) is 29.8 Å². The predicted molar refractivity (Wildman–Crippen MR) is 73.8 cm³/mol. The summed E-state index contributed by atoms with van der Waals surface area (Å²) in [6.45, 7) is 4.65. The number of methoxy groups -OCH3 is 1. The normalized spacial score (nSPS) is 12.5. The van der Waals surface area contributed by atoms with Crippen LogP contribution in [-0.2, 0) is 0 Å². The van der Waals surface area contributed by atoms with Crippen molar-refractivity contribution < 1.29 is 9.84 Å². The lowest BCUT2D eigenvalue weighted by Gasteiger charge is -2.20. The van der Waals surface area contributed by atoms with Crippen molar-refractivity contribution in [2.45, 2.75) is 32.8 Å². The maximum atomic E-state index is 10.0. The van der Waals surface area contributed by atoms with Gasteiger partial charge in [0, 0.05) is 6.54 Å². The third-order valence-corrected chi connectivity index (χ3v) is 3.17. The highest BCUT2D eigenvalue weighted by atomic mass is 16.5. The number of nitrogens with zero attached hydrogens (tertiary/aromatic N) is 1. The summed E-state index contributed by atoms with van der Waals surface area (Å²) in [5.74, 6) is 1.37. The van der Waals surface area contributed by atoms with Gasteiger partial charge in [0.25, 0.3) is 0 Å². The molecule has 18 heavy (non-hydrogen) atoms. The van der Waals surface area contributed by atoms with Crippen LogP contribution in [0.5, 0.6) is 5.88 Å². The van der Waals surface area contributed by atoms with E-state index in [0.717, 1.165) is 12.8 Å². The van der Waals surface area contributed by atoms with Crippen molar-refractivity contribution >= 4 is 11.5 Å². The molecule has 0 saturated carbocycles. The lowest BCUT2D eigenvalue weighted by molar-refractivity contribution is 0.114. The van der Waals surface area contributed by atoms with Gasteiger partial charge in [-0.1, -0.05) is 26.7 Å². The maximum Gasteiger partial charge on any atom is 0.238 e. The van der Waals surface area contributed by atoms with E-state index < -0.39 is 0 Å². The lowest BCUT2D eigenvalue weighted by Crippen LogP contribution is -2.28. The highest BCUT2D eigenvalue weighted by Gasteiger charge is 2.15. The number of ether oxygens (including phenoxy) is 1. The molecule has 5 heteroatoms. The Labute approximate surface area is 108 Å². The third-order valence-electron chi connectivity index (χ3n) is 3.17. The molecule has 0 aromatic carbocycles. The summed E-state index contributed by atoms with van der Waals surface area (Å²) in [6.07, 6.45) is 1.57. The zero-order chi connectivity index (χ0) is 13.5. The number of aliphatic hydroxyl groups excluding tert-OH is 1. The van der Waals surface area contributed by atoms with Gasteiger partial charge in [0.15, 0.2) is 0 Å². The van der Waals surface area contributed by atoms with Crippen LogP contribution in [0.2, 0.25) is 0 Å². The molecule has 102 valence electrons. The van der Waals surface area contributed by atoms with E-state index in [2.05, 4.69) is 24.1 Å². The van der Waals surface area contributed by atoms with E-state index >= 15 is 0 Å². The Bertz CT molecular complexity index is 367. The first kappa shape index (κ1) is 14.6. The first-order valence-corrected chi connectivity index (χ1v) is 6.34. The molecule has 0 saturated heterocycles. The number of hydrogen-bond acceptors (Lipinski definition) is 5. The summed E-state index contributed by atoms with van der Waals surface area (Å²) in [5, 5.41) is 13.1. The van der Waals surface area contributed by atoms with Crippen molar-refractivity contribution in [2.75, 3.05) is 24.7 Å². The molecule has 0 radical (unpaired) electrons. The Hall–Kier alpha value is -1.49. The van der Waals surface area contributed by atoms with Crippen LogP contribution in [-0.4, -0.2) is 29.8 Å². The fourth-order valence-electron chi connectivity index (χ4n) is 1.92. The van der Waals surface area contributed by atoms with Crippen LogP contribution < -0.4 is 15.8 Å². The molecule has 1 unspecified atom stereocenters. The topological polar surface area (TPSA) is 80.4 Å². The Morgan fingerprint density at radius 1 is 1.39 bits per heavy atom. The summed E-state index contributed by atoms with van der Waals surface area (Å²) in [4.78, 5) is 4.20. The summed E-state index contributed by atoms with van der Waals surface area (Å²) in [6, 6.07) is 3.51. The number of nitrogens with one attached hydrogen (secondary N) is 1. The predicted octanol–water partition coefficient (Wildman–Crippen LogP) is 1.88. The minimum absolute atomic E-state index is 0.313. The van der Waals surface area contributed by atoms with Crippen molar-refractivity contribution in [3.8, 4) is 5.88 Å². The number of hydrogen-bond donors (Lipinski definition) is 3. The summed E-state index contributed by atoms with van der Waals surface area (Å²) < 4.78 is 5.04. The molecule has 1 aromatic rings. The third kappa shape index (κ3) is 3.77. The molecule has 1 rings (SSSR count). The highest BCUT2D eigenvalue weighted by molar-refractivity contribution is 5.53. The number of pyridine rings is 1. The van der Waals surface area contributed by atoms with Crippen molar-refractivity contribution in [1.29, 1.82) is 0 Å². The average molecular weight is 253 g/mol. The highest BCUT2D eigenvalue weighted by Crippen LogP contribution is 2.20. The first-order chi connectivity index (χ1) is 8.62. The van der Waals surface area contributed by atoms with Crippen LogP contribution in [0.3, 0.4) is 0 Å². The first-order valence-electron chi connectivity index (χ1n) is 6.34. The Morgan fingerprint density at radius 3 is 2.61 bits per heavy atom. The average Bonchev–Trinajstić information content (AvgIpc) is 2.39. The van der Waals surface area contributed by atoms with Crippen molar-refractivity contribution in [2.24, 2.45) is 5.92 Å². The zero-order valence-corrected chi connectivity index (χ0v) is 11.3. The van der Waals surface area contributed by atoms with E-state index in [9.17, 15) is 5.11 Å². The van der Waals surface area contributed by atoms with Crippen LogP contribution in [0.25, 0.3) is 0 Å². The monoisotopic (exact) mass is 253 g/mol. The van der Waals surface area contributed by atoms with Gasteiger partial charge in [-0.3, -0.25) is 0 Å². The van der Waals surface area contributed by atoms with Gasteiger partial charge >= 0.3 is 0 Å². The minimum Gasteiger partial charge on any atom is -0.479 e. The molecule has 0 aliphatic carbocycles. The standard InChI is InChI=1S/C13H23N3O2/c1-4-9(5-2)11(17)8-15-12-7-6-10(14)13(16-12)18-3/h6-7,9,11,17H,4-5,8,14H2,1-3H3,(H,15,16). The number of aliphatic hydroxyl groups is 1. The second kappa shape index (κ2) is 7.06. The maximum absolute atomic E-state index is 10.0. The number of rotatable bonds is 7. The SMILES string of the molecule is CCC(CC)C(O)CNc1ccc(N)c(OC)n1. The van der Waals surface area contributed by atoms with Crippen LogP contribution in [0, 0.1) is 5.92 Å². The van der Waals surface area contributed by atoms with Crippen LogP contribution >= 0.6 is 0 Å². The van der Waals surface area contributed by atoms with Crippen molar-refractivity contribution in [3.05, 3.63) is 12.1 Å². The molecular formula is C13H23N3O2. The second-order valence-corrected chi connectivity index (χ2v) is 4.32. The summed E-state index contributed by atoms with van der Waals surface area (Å²) in [5.41, 5.74) is 6.19. The van der Waals surface area contributed by atoms with Gasteiger partial charge in [-0.05, 0) is 18.1 Å². The van der Waals surface area contributed by atoms with Crippen molar-refractivity contribution in [1.82, 2.24) is 4.98 Å². The van der Waals surface area contributed by atoms with Crippen LogP contribution in [0.15, 0.2) is 12.1 Å². The number of anilines is 2. The van der Waals surface area contributed by atoms with E-state index in [1.807, 2.05) is 0 Å². The second-order valence-electron chi connectivity index (χ2n) is 4.32. The zero-order valence-electron chi connectivity index (χ0n) is 11.3. The lowest BCUT2D eigenvalue weighted by atomic mass is 9.97. The minimum atomic E-state index is -0.370. The smallest absolute Gasteiger partial charge is 0.238 e. The van der Waals surface area contributed by atoms with Gasteiger partial charge in [-0.25, -0.2) is 0 Å². The Kier molecular flexibility index (Phi) is 5.71. The van der Waals surface area contributed by atoms with Gasteiger partial charge in [-0.2, -0.15) is 4.98 Å². The largest absolute Gasteiger partial charge is 0.479 e. The van der Waals surface area contributed by atoms with E-state index in [1.54, 1.807) is 12.1 Å². The molecule has 0 aliphatic rings. The van der Waals surface area contributed by atoms with Crippen LogP contribution in [0.1, 0.15) is 26.7 Å².